The van der Waals surface area contributed by atoms with Crippen LogP contribution < -0.4 is 11.1 Å². The number of carbonyl (C=O) groups is 1. The van der Waals surface area contributed by atoms with Gasteiger partial charge >= 0.3 is 0 Å². The van der Waals surface area contributed by atoms with Gasteiger partial charge in [0.1, 0.15) is 0 Å². The Morgan fingerprint density at radius 2 is 2.14 bits per heavy atom. The highest BCUT2D eigenvalue weighted by Crippen LogP contribution is 2.27. The fraction of sp³-hybridized carbons (Fsp3) is 0. The molecule has 106 valence electrons. The Labute approximate surface area is 137 Å². The lowest BCUT2D eigenvalue weighted by Crippen LogP contribution is -2.09. The second-order valence-corrected chi connectivity index (χ2v) is 7.54. The largest absolute Gasteiger partial charge is 0.399 e. The molecule has 4 nitrogen and oxygen atoms in total. The number of nitrogens with one attached hydrogen (secondary N) is 1. The highest BCUT2D eigenvalue weighted by atomic mass is 79.9. The second-order valence-electron chi connectivity index (χ2n) is 4.22. The van der Waals surface area contributed by atoms with E-state index in [-0.39, 0.29) is 5.91 Å². The van der Waals surface area contributed by atoms with Gasteiger partial charge in [0.05, 0.1) is 14.4 Å². The summed E-state index contributed by atoms with van der Waals surface area (Å²) in [5, 5.41) is 5.27. The van der Waals surface area contributed by atoms with E-state index in [1.807, 2.05) is 35.7 Å². The number of rotatable bonds is 3. The monoisotopic (exact) mass is 379 g/mol. The van der Waals surface area contributed by atoms with Crippen molar-refractivity contribution in [1.82, 2.24) is 4.98 Å². The minimum absolute atomic E-state index is 0.154. The number of thiophene rings is 1. The molecule has 0 aliphatic carbocycles. The van der Waals surface area contributed by atoms with Gasteiger partial charge in [0.15, 0.2) is 5.13 Å². The number of hydrogen-bond donors (Lipinski definition) is 2. The van der Waals surface area contributed by atoms with Crippen LogP contribution in [-0.4, -0.2) is 10.9 Å². The molecule has 0 aliphatic heterocycles. The summed E-state index contributed by atoms with van der Waals surface area (Å²) in [6.07, 6.45) is 0. The van der Waals surface area contributed by atoms with Crippen molar-refractivity contribution in [2.75, 3.05) is 11.1 Å². The molecule has 0 unspecified atom stereocenters. The minimum Gasteiger partial charge on any atom is -0.399 e. The number of anilines is 2. The molecule has 0 spiro atoms. The Balaban J connectivity index is 1.78. The summed E-state index contributed by atoms with van der Waals surface area (Å²) in [4.78, 5) is 17.1. The molecule has 1 amide bonds. The van der Waals surface area contributed by atoms with Crippen molar-refractivity contribution in [2.45, 2.75) is 0 Å². The van der Waals surface area contributed by atoms with E-state index in [1.54, 1.807) is 6.07 Å². The number of amides is 1. The number of benzene rings is 1. The molecule has 0 saturated heterocycles. The summed E-state index contributed by atoms with van der Waals surface area (Å²) >= 11 is 6.12. The zero-order valence-electron chi connectivity index (χ0n) is 10.7. The number of halogens is 1. The van der Waals surface area contributed by atoms with E-state index < -0.39 is 0 Å². The topological polar surface area (TPSA) is 68.0 Å². The van der Waals surface area contributed by atoms with Crippen molar-refractivity contribution in [3.8, 4) is 11.3 Å². The first kappa shape index (κ1) is 14.2. The van der Waals surface area contributed by atoms with Crippen LogP contribution in [0.3, 0.4) is 0 Å². The van der Waals surface area contributed by atoms with Crippen LogP contribution in [0.2, 0.25) is 0 Å². The predicted molar refractivity (Wildman–Crippen MR) is 91.9 cm³/mol. The van der Waals surface area contributed by atoms with Gasteiger partial charge in [-0.3, -0.25) is 10.1 Å². The summed E-state index contributed by atoms with van der Waals surface area (Å²) in [7, 11) is 0. The van der Waals surface area contributed by atoms with E-state index in [0.29, 0.717) is 15.7 Å². The lowest BCUT2D eigenvalue weighted by atomic mass is 10.1. The summed E-state index contributed by atoms with van der Waals surface area (Å²) in [6, 6.07) is 11.1. The quantitative estimate of drug-likeness (QED) is 0.659. The maximum atomic E-state index is 12.1. The molecule has 0 radical (unpaired) electrons. The van der Waals surface area contributed by atoms with Gasteiger partial charge in [-0.2, -0.15) is 0 Å². The van der Waals surface area contributed by atoms with Crippen LogP contribution >= 0.6 is 38.6 Å². The molecular formula is C14H10BrN3OS2. The van der Waals surface area contributed by atoms with Crippen molar-refractivity contribution in [3.05, 3.63) is 50.4 Å². The Bertz CT molecular complexity index is 797. The molecule has 0 atom stereocenters. The molecule has 0 fully saturated rings. The fourth-order valence-corrected chi connectivity index (χ4v) is 3.75. The Morgan fingerprint density at radius 1 is 1.29 bits per heavy atom. The third-order valence-electron chi connectivity index (χ3n) is 2.70. The van der Waals surface area contributed by atoms with Crippen molar-refractivity contribution in [2.24, 2.45) is 0 Å². The molecule has 0 bridgehead atoms. The van der Waals surface area contributed by atoms with Gasteiger partial charge in [-0.15, -0.1) is 22.7 Å². The molecule has 2 heterocycles. The zero-order valence-corrected chi connectivity index (χ0v) is 13.9. The molecule has 3 aromatic rings. The Kier molecular flexibility index (Phi) is 4.05. The molecular weight excluding hydrogens is 370 g/mol. The number of nitrogen functional groups attached to an aromatic ring is 1. The number of thiazole rings is 1. The van der Waals surface area contributed by atoms with Gasteiger partial charge in [-0.05, 0) is 40.2 Å². The van der Waals surface area contributed by atoms with E-state index in [4.69, 9.17) is 5.73 Å². The molecule has 7 heteroatoms. The average Bonchev–Trinajstić information content (AvgIpc) is 3.08. The van der Waals surface area contributed by atoms with Gasteiger partial charge in [-0.25, -0.2) is 4.98 Å². The fourth-order valence-electron chi connectivity index (χ4n) is 1.76. The van der Waals surface area contributed by atoms with Crippen molar-refractivity contribution >= 4 is 55.3 Å². The molecule has 2 aromatic heterocycles. The van der Waals surface area contributed by atoms with Crippen molar-refractivity contribution in [1.29, 1.82) is 0 Å². The first-order valence-electron chi connectivity index (χ1n) is 6.00. The third kappa shape index (κ3) is 3.31. The van der Waals surface area contributed by atoms with E-state index in [0.717, 1.165) is 15.0 Å². The highest BCUT2D eigenvalue weighted by Gasteiger charge is 2.11. The van der Waals surface area contributed by atoms with Crippen LogP contribution in [0.1, 0.15) is 9.67 Å². The molecule has 1 aromatic carbocycles. The smallest absolute Gasteiger partial charge is 0.267 e. The van der Waals surface area contributed by atoms with E-state index in [1.165, 1.54) is 22.7 Å². The molecule has 21 heavy (non-hydrogen) atoms. The first-order chi connectivity index (χ1) is 10.1. The summed E-state index contributed by atoms with van der Waals surface area (Å²) in [5.41, 5.74) is 8.19. The Morgan fingerprint density at radius 3 is 2.86 bits per heavy atom. The van der Waals surface area contributed by atoms with Crippen LogP contribution in [-0.2, 0) is 0 Å². The van der Waals surface area contributed by atoms with Crippen LogP contribution in [0.15, 0.2) is 45.6 Å². The van der Waals surface area contributed by atoms with Crippen LogP contribution in [0.25, 0.3) is 11.3 Å². The van der Waals surface area contributed by atoms with Crippen LogP contribution in [0.4, 0.5) is 10.8 Å². The number of aromatic nitrogens is 1. The SMILES string of the molecule is Nc1cccc(-c2csc(NC(=O)c3ccc(Br)s3)n2)c1. The number of hydrogen-bond acceptors (Lipinski definition) is 5. The summed E-state index contributed by atoms with van der Waals surface area (Å²) < 4.78 is 0.923. The highest BCUT2D eigenvalue weighted by molar-refractivity contribution is 9.11. The van der Waals surface area contributed by atoms with Crippen molar-refractivity contribution < 1.29 is 4.79 Å². The number of nitrogens with zero attached hydrogens (tertiary/aromatic N) is 1. The maximum Gasteiger partial charge on any atom is 0.267 e. The zero-order chi connectivity index (χ0) is 14.8. The predicted octanol–water partition coefficient (Wildman–Crippen LogP) is 4.47. The van der Waals surface area contributed by atoms with Crippen LogP contribution in [0, 0.1) is 0 Å². The van der Waals surface area contributed by atoms with Gasteiger partial charge in [-0.1, -0.05) is 12.1 Å². The molecule has 0 aliphatic rings. The van der Waals surface area contributed by atoms with E-state index in [2.05, 4.69) is 26.2 Å². The molecule has 3 N–H and O–H groups in total. The lowest BCUT2D eigenvalue weighted by molar-refractivity contribution is 0.103. The number of carbonyl (C=O) groups excluding carboxylic acids is 1. The van der Waals surface area contributed by atoms with Gasteiger partial charge in [0.2, 0.25) is 0 Å². The van der Waals surface area contributed by atoms with Gasteiger partial charge in [0.25, 0.3) is 5.91 Å². The van der Waals surface area contributed by atoms with E-state index >= 15 is 0 Å². The van der Waals surface area contributed by atoms with Crippen LogP contribution in [0.5, 0.6) is 0 Å². The maximum absolute atomic E-state index is 12.1. The molecule has 3 rings (SSSR count). The lowest BCUT2D eigenvalue weighted by Gasteiger charge is -1.99. The number of nitrogens with two attached hydrogens (primary N) is 1. The normalized spacial score (nSPS) is 10.5. The van der Waals surface area contributed by atoms with Gasteiger partial charge in [0, 0.05) is 16.6 Å². The van der Waals surface area contributed by atoms with E-state index in [9.17, 15) is 4.79 Å². The minimum atomic E-state index is -0.154. The van der Waals surface area contributed by atoms with Gasteiger partial charge < -0.3 is 5.73 Å². The third-order valence-corrected chi connectivity index (χ3v) is 5.08. The van der Waals surface area contributed by atoms with Crippen molar-refractivity contribution in [3.63, 3.8) is 0 Å². The standard InChI is InChI=1S/C14H10BrN3OS2/c15-12-5-4-11(21-12)13(19)18-14-17-10(7-20-14)8-2-1-3-9(16)6-8/h1-7H,16H2,(H,17,18,19). The summed E-state index contributed by atoms with van der Waals surface area (Å²) in [6.45, 7) is 0. The second kappa shape index (κ2) is 5.97. The first-order valence-corrected chi connectivity index (χ1v) is 8.49. The summed E-state index contributed by atoms with van der Waals surface area (Å²) in [5.74, 6) is -0.154. The molecule has 0 saturated carbocycles. The Hall–Kier alpha value is -1.70. The average molecular weight is 380 g/mol.